The molecule has 0 spiro atoms. The Balaban J connectivity index is 0. The van der Waals surface area contributed by atoms with Crippen molar-refractivity contribution >= 4 is 25.4 Å². The normalized spacial score (nSPS) is 8.30. The zero-order valence-corrected chi connectivity index (χ0v) is 9.91. The lowest BCUT2D eigenvalue weighted by Crippen LogP contribution is -2.04. The summed E-state index contributed by atoms with van der Waals surface area (Å²) in [6.45, 7) is 7.43. The van der Waals surface area contributed by atoms with Crippen LogP contribution in [0.4, 0.5) is 0 Å². The minimum Gasteiger partial charge on any atom is -0.466 e. The number of hydrogen-bond acceptors (Lipinski definition) is 2. The van der Waals surface area contributed by atoms with E-state index in [0.29, 0.717) is 0 Å². The molecule has 0 saturated heterocycles. The van der Waals surface area contributed by atoms with Gasteiger partial charge in [0, 0.05) is 0 Å². The molecule has 0 rings (SSSR count). The summed E-state index contributed by atoms with van der Waals surface area (Å²) in [4.78, 5) is 9.47. The molecule has 0 aromatic rings. The average Bonchev–Trinajstić information content (AvgIpc) is 1.89. The Morgan fingerprint density at radius 2 is 2.00 bits per heavy atom. The van der Waals surface area contributed by atoms with Crippen molar-refractivity contribution in [3.05, 3.63) is 12.7 Å². The maximum absolute atomic E-state index is 9.47. The van der Waals surface area contributed by atoms with Crippen LogP contribution in [0.3, 0.4) is 0 Å². The summed E-state index contributed by atoms with van der Waals surface area (Å²) in [6.07, 6.45) is 1.06. The minimum atomic E-state index is -0.588. The number of hydrogen-bond donors (Lipinski definition) is 1. The third-order valence-electron chi connectivity index (χ3n) is 0.673. The lowest BCUT2D eigenvalue weighted by molar-refractivity contribution is -0.113. The van der Waals surface area contributed by atoms with Crippen molar-refractivity contribution in [1.82, 2.24) is 0 Å². The molecule has 0 unspecified atom stereocenters. The highest BCUT2D eigenvalue weighted by molar-refractivity contribution is 6.52. The fourth-order valence-corrected chi connectivity index (χ4v) is 0. The van der Waals surface area contributed by atoms with Crippen LogP contribution >= 0.6 is 0 Å². The monoisotopic (exact) mass is 177 g/mol. The number of primary amides is 1. The molecule has 2 N–H and O–H groups in total. The molecule has 0 atom stereocenters. The lowest BCUT2D eigenvalue weighted by Gasteiger charge is -1.93. The van der Waals surface area contributed by atoms with E-state index < -0.39 is 14.9 Å². The molecule has 0 heterocycles. The summed E-state index contributed by atoms with van der Waals surface area (Å²) in [5.41, 5.74) is 4.53. The first-order valence-electron chi connectivity index (χ1n) is 2.99. The Morgan fingerprint density at radius 3 is 2.00 bits per heavy atom. The first kappa shape index (κ1) is 12.3. The van der Waals surface area contributed by atoms with Crippen LogP contribution in [0.2, 0.25) is 13.1 Å². The molecule has 0 fully saturated rings. The first-order chi connectivity index (χ1) is 4.54. The Bertz CT molecular complexity index is 106. The van der Waals surface area contributed by atoms with E-state index in [1.165, 1.54) is 0 Å². The van der Waals surface area contributed by atoms with E-state index >= 15 is 0 Å². The third kappa shape index (κ3) is 25.5. The largest absolute Gasteiger partial charge is 0.466 e. The van der Waals surface area contributed by atoms with Crippen molar-refractivity contribution in [2.45, 2.75) is 13.1 Å². The summed E-state index contributed by atoms with van der Waals surface area (Å²) in [6, 6.07) is 0. The van der Waals surface area contributed by atoms with E-state index in [9.17, 15) is 4.79 Å². The van der Waals surface area contributed by atoms with E-state index in [1.807, 2.05) is 0 Å². The van der Waals surface area contributed by atoms with Crippen LogP contribution in [0.15, 0.2) is 12.7 Å². The number of amides is 1. The highest BCUT2D eigenvalue weighted by Gasteiger charge is 1.82. The van der Waals surface area contributed by atoms with Crippen molar-refractivity contribution in [3.63, 3.8) is 0 Å². The van der Waals surface area contributed by atoms with Gasteiger partial charge < -0.3 is 9.85 Å². The molecule has 0 aliphatic carbocycles. The summed E-state index contributed by atoms with van der Waals surface area (Å²) in [5, 5.41) is 0. The van der Waals surface area contributed by atoms with Crippen LogP contribution in [0.25, 0.3) is 0 Å². The molecule has 0 aliphatic rings. The van der Waals surface area contributed by atoms with Crippen LogP contribution in [0, 0.1) is 0 Å². The highest BCUT2D eigenvalue weighted by atomic mass is 28.3. The summed E-state index contributed by atoms with van der Waals surface area (Å²) in [7, 11) is 0.347. The van der Waals surface area contributed by atoms with Gasteiger partial charge in [0.25, 0.3) is 0 Å². The van der Waals surface area contributed by atoms with Crippen molar-refractivity contribution in [3.8, 4) is 0 Å². The standard InChI is InChI=1S/C3H5NO.C2H10OSi2/c1-2-3(4)5;1-5(2)3-4/h2H,1H2,(H2,4,5);5H,1-2,4H3. The van der Waals surface area contributed by atoms with Crippen molar-refractivity contribution in [2.75, 3.05) is 0 Å². The predicted molar refractivity (Wildman–Crippen MR) is 49.3 cm³/mol. The highest BCUT2D eigenvalue weighted by Crippen LogP contribution is 1.72. The molecule has 0 saturated carbocycles. The molecule has 0 bridgehead atoms. The topological polar surface area (TPSA) is 52.3 Å². The van der Waals surface area contributed by atoms with Crippen molar-refractivity contribution in [1.29, 1.82) is 0 Å². The molecule has 5 heteroatoms. The summed E-state index contributed by atoms with van der Waals surface area (Å²) < 4.78 is 5.03. The van der Waals surface area contributed by atoms with Gasteiger partial charge in [-0.25, -0.2) is 0 Å². The van der Waals surface area contributed by atoms with Gasteiger partial charge in [0.05, 0.1) is 0 Å². The average molecular weight is 177 g/mol. The molecular formula is C5H15NO2Si2. The number of carbonyl (C=O) groups is 1. The molecule has 60 valence electrons. The summed E-state index contributed by atoms with van der Waals surface area (Å²) in [5.74, 6) is -0.481. The minimum absolute atomic E-state index is 0.481. The van der Waals surface area contributed by atoms with Gasteiger partial charge in [-0.2, -0.15) is 0 Å². The maximum Gasteiger partial charge on any atom is 0.240 e. The molecule has 10 heavy (non-hydrogen) atoms. The lowest BCUT2D eigenvalue weighted by atomic mass is 10.6. The summed E-state index contributed by atoms with van der Waals surface area (Å²) >= 11 is 0. The number of rotatable bonds is 2. The van der Waals surface area contributed by atoms with Crippen LogP contribution in [-0.4, -0.2) is 25.4 Å². The fraction of sp³-hybridized carbons (Fsp3) is 0.400. The fourth-order valence-electron chi connectivity index (χ4n) is 0. The van der Waals surface area contributed by atoms with E-state index in [4.69, 9.17) is 4.12 Å². The van der Waals surface area contributed by atoms with Crippen LogP contribution < -0.4 is 5.73 Å². The Morgan fingerprint density at radius 1 is 1.80 bits per heavy atom. The molecule has 0 aromatic heterocycles. The predicted octanol–water partition coefficient (Wildman–Crippen LogP) is -1.08. The van der Waals surface area contributed by atoms with Gasteiger partial charge >= 0.3 is 0 Å². The van der Waals surface area contributed by atoms with Gasteiger partial charge in [-0.3, -0.25) is 4.79 Å². The van der Waals surface area contributed by atoms with Gasteiger partial charge in [-0.15, -0.1) is 0 Å². The molecule has 0 aliphatic heterocycles. The third-order valence-corrected chi connectivity index (χ3v) is 4.44. The number of carbonyl (C=O) groups excluding carboxylic acids is 1. The molecule has 0 radical (unpaired) electrons. The quantitative estimate of drug-likeness (QED) is 0.431. The van der Waals surface area contributed by atoms with Gasteiger partial charge in [0.2, 0.25) is 5.91 Å². The Labute approximate surface area is 66.5 Å². The van der Waals surface area contributed by atoms with Gasteiger partial charge in [0.1, 0.15) is 10.5 Å². The van der Waals surface area contributed by atoms with E-state index in [2.05, 4.69) is 25.4 Å². The van der Waals surface area contributed by atoms with Gasteiger partial charge in [0.15, 0.2) is 9.04 Å². The zero-order chi connectivity index (χ0) is 8.57. The zero-order valence-electron chi connectivity index (χ0n) is 6.76. The van der Waals surface area contributed by atoms with Crippen molar-refractivity contribution in [2.24, 2.45) is 5.73 Å². The second kappa shape index (κ2) is 8.60. The molecule has 0 aromatic carbocycles. The van der Waals surface area contributed by atoms with E-state index in [1.54, 1.807) is 0 Å². The van der Waals surface area contributed by atoms with E-state index in [-0.39, 0.29) is 0 Å². The van der Waals surface area contributed by atoms with Gasteiger partial charge in [-0.1, -0.05) is 6.58 Å². The smallest absolute Gasteiger partial charge is 0.240 e. The van der Waals surface area contributed by atoms with E-state index in [0.717, 1.165) is 16.6 Å². The first-order valence-corrected chi connectivity index (χ1v) is 6.59. The van der Waals surface area contributed by atoms with Crippen molar-refractivity contribution < 1.29 is 8.91 Å². The Kier molecular flexibility index (Phi) is 10.6. The van der Waals surface area contributed by atoms with Crippen LogP contribution in [0.1, 0.15) is 0 Å². The number of nitrogens with two attached hydrogens (primary N) is 1. The second-order valence-electron chi connectivity index (χ2n) is 1.89. The van der Waals surface area contributed by atoms with Crippen LogP contribution in [-0.2, 0) is 8.91 Å². The second-order valence-corrected chi connectivity index (χ2v) is 5.87. The van der Waals surface area contributed by atoms with Gasteiger partial charge in [-0.05, 0) is 19.2 Å². The molecule has 3 nitrogen and oxygen atoms in total. The SMILES string of the molecule is C=CC(N)=O.C[SiH](C)O[SiH3]. The molecule has 1 amide bonds. The Hall–Kier alpha value is -0.396. The maximum atomic E-state index is 9.47. The molecular weight excluding hydrogens is 162 g/mol. The van der Waals surface area contributed by atoms with Crippen LogP contribution in [0.5, 0.6) is 0 Å².